The third-order valence-electron chi connectivity index (χ3n) is 1.29. The molecule has 60 valence electrons. The quantitative estimate of drug-likeness (QED) is 0.591. The van der Waals surface area contributed by atoms with Crippen molar-refractivity contribution in [1.82, 2.24) is 9.78 Å². The van der Waals surface area contributed by atoms with E-state index in [-0.39, 0.29) is 0 Å². The zero-order chi connectivity index (χ0) is 8.27. The molecule has 0 N–H and O–H groups in total. The second kappa shape index (κ2) is 3.90. The second-order valence-corrected chi connectivity index (χ2v) is 3.91. The Morgan fingerprint density at radius 1 is 1.73 bits per heavy atom. The summed E-state index contributed by atoms with van der Waals surface area (Å²) in [6.45, 7) is 5.06. The van der Waals surface area contributed by atoms with Gasteiger partial charge in [-0.25, -0.2) is 0 Å². The van der Waals surface area contributed by atoms with Gasteiger partial charge in [-0.2, -0.15) is 5.10 Å². The van der Waals surface area contributed by atoms with Gasteiger partial charge < -0.3 is 0 Å². The number of aromatic nitrogens is 2. The highest BCUT2D eigenvalue weighted by Gasteiger charge is 1.90. The number of nitrogens with zero attached hydrogens (tertiary/aromatic N) is 2. The molecular weight excluding hydrogens is 251 g/mol. The lowest BCUT2D eigenvalue weighted by atomic mass is 10.3. The van der Waals surface area contributed by atoms with Crippen molar-refractivity contribution in [3.8, 4) is 0 Å². The van der Waals surface area contributed by atoms with Gasteiger partial charge in [-0.1, -0.05) is 11.6 Å². The third-order valence-corrected chi connectivity index (χ3v) is 1.85. The van der Waals surface area contributed by atoms with Crippen LogP contribution in [0.1, 0.15) is 13.8 Å². The summed E-state index contributed by atoms with van der Waals surface area (Å²) >= 11 is 2.25. The van der Waals surface area contributed by atoms with Gasteiger partial charge >= 0.3 is 0 Å². The summed E-state index contributed by atoms with van der Waals surface area (Å²) < 4.78 is 3.11. The van der Waals surface area contributed by atoms with Gasteiger partial charge in [0.15, 0.2) is 0 Å². The molecule has 0 aromatic carbocycles. The number of allylic oxidation sites excluding steroid dienone is 2. The van der Waals surface area contributed by atoms with Gasteiger partial charge in [-0.3, -0.25) is 4.68 Å². The number of rotatable bonds is 2. The first-order chi connectivity index (χ1) is 5.18. The van der Waals surface area contributed by atoms with Gasteiger partial charge in [-0.15, -0.1) is 0 Å². The van der Waals surface area contributed by atoms with E-state index < -0.39 is 0 Å². The maximum atomic E-state index is 4.15. The molecule has 0 aliphatic rings. The molecule has 0 fully saturated rings. The Hall–Kier alpha value is -0.320. The van der Waals surface area contributed by atoms with Crippen molar-refractivity contribution in [2.24, 2.45) is 0 Å². The SMILES string of the molecule is CC(C)=CCn1cc(I)cn1. The highest BCUT2D eigenvalue weighted by molar-refractivity contribution is 14.1. The fourth-order valence-corrected chi connectivity index (χ4v) is 1.16. The first-order valence-corrected chi connectivity index (χ1v) is 4.57. The lowest BCUT2D eigenvalue weighted by Crippen LogP contribution is -1.94. The minimum absolute atomic E-state index is 0.880. The van der Waals surface area contributed by atoms with Crippen LogP contribution in [-0.4, -0.2) is 9.78 Å². The van der Waals surface area contributed by atoms with Crippen molar-refractivity contribution in [3.63, 3.8) is 0 Å². The minimum atomic E-state index is 0.880. The molecule has 0 saturated heterocycles. The summed E-state index contributed by atoms with van der Waals surface area (Å²) in [5.74, 6) is 0. The Morgan fingerprint density at radius 3 is 2.91 bits per heavy atom. The molecule has 0 aliphatic carbocycles. The fourth-order valence-electron chi connectivity index (χ4n) is 0.714. The summed E-state index contributed by atoms with van der Waals surface area (Å²) in [6.07, 6.45) is 6.04. The largest absolute Gasteiger partial charge is 0.268 e. The van der Waals surface area contributed by atoms with E-state index in [2.05, 4.69) is 47.6 Å². The Kier molecular flexibility index (Phi) is 3.11. The van der Waals surface area contributed by atoms with E-state index in [4.69, 9.17) is 0 Å². The maximum absolute atomic E-state index is 4.15. The number of halogens is 1. The van der Waals surface area contributed by atoms with Crippen LogP contribution in [0.2, 0.25) is 0 Å². The normalized spacial score (nSPS) is 9.73. The third kappa shape index (κ3) is 3.05. The first kappa shape index (κ1) is 8.77. The Labute approximate surface area is 80.4 Å². The minimum Gasteiger partial charge on any atom is -0.268 e. The summed E-state index contributed by atoms with van der Waals surface area (Å²) in [5.41, 5.74) is 1.33. The molecule has 0 radical (unpaired) electrons. The predicted octanol–water partition coefficient (Wildman–Crippen LogP) is 2.45. The molecule has 3 heteroatoms. The Morgan fingerprint density at radius 2 is 2.45 bits per heavy atom. The van der Waals surface area contributed by atoms with Crippen LogP contribution in [-0.2, 0) is 6.54 Å². The van der Waals surface area contributed by atoms with E-state index in [1.54, 1.807) is 0 Å². The molecule has 0 amide bonds. The van der Waals surface area contributed by atoms with Gasteiger partial charge in [0.1, 0.15) is 0 Å². The monoisotopic (exact) mass is 262 g/mol. The molecule has 0 spiro atoms. The second-order valence-electron chi connectivity index (χ2n) is 2.66. The number of hydrogen-bond donors (Lipinski definition) is 0. The van der Waals surface area contributed by atoms with Crippen LogP contribution in [0.15, 0.2) is 24.0 Å². The van der Waals surface area contributed by atoms with Crippen LogP contribution in [0.5, 0.6) is 0 Å². The molecule has 1 aromatic rings. The average Bonchev–Trinajstić information content (AvgIpc) is 2.31. The van der Waals surface area contributed by atoms with Crippen LogP contribution < -0.4 is 0 Å². The van der Waals surface area contributed by atoms with Gasteiger partial charge in [0, 0.05) is 6.20 Å². The van der Waals surface area contributed by atoms with E-state index >= 15 is 0 Å². The molecule has 1 rings (SSSR count). The summed E-state index contributed by atoms with van der Waals surface area (Å²) in [4.78, 5) is 0. The van der Waals surface area contributed by atoms with E-state index in [0.29, 0.717) is 0 Å². The predicted molar refractivity (Wildman–Crippen MR) is 54.4 cm³/mol. The van der Waals surface area contributed by atoms with Crippen molar-refractivity contribution in [1.29, 1.82) is 0 Å². The zero-order valence-corrected chi connectivity index (χ0v) is 8.87. The van der Waals surface area contributed by atoms with Gasteiger partial charge in [0.05, 0.1) is 16.3 Å². The van der Waals surface area contributed by atoms with Crippen molar-refractivity contribution in [2.75, 3.05) is 0 Å². The first-order valence-electron chi connectivity index (χ1n) is 3.50. The topological polar surface area (TPSA) is 17.8 Å². The lowest BCUT2D eigenvalue weighted by molar-refractivity contribution is 0.698. The van der Waals surface area contributed by atoms with E-state index in [1.807, 2.05) is 17.1 Å². The molecule has 0 atom stereocenters. The smallest absolute Gasteiger partial charge is 0.0623 e. The van der Waals surface area contributed by atoms with Crippen LogP contribution in [0.4, 0.5) is 0 Å². The number of hydrogen-bond acceptors (Lipinski definition) is 1. The van der Waals surface area contributed by atoms with Crippen molar-refractivity contribution >= 4 is 22.6 Å². The van der Waals surface area contributed by atoms with Gasteiger partial charge in [0.2, 0.25) is 0 Å². The highest BCUT2D eigenvalue weighted by atomic mass is 127. The Balaban J connectivity index is 2.58. The molecule has 0 aliphatic heterocycles. The molecule has 1 aromatic heterocycles. The van der Waals surface area contributed by atoms with E-state index in [1.165, 1.54) is 9.14 Å². The molecule has 2 nitrogen and oxygen atoms in total. The van der Waals surface area contributed by atoms with Crippen LogP contribution in [0, 0.1) is 3.57 Å². The highest BCUT2D eigenvalue weighted by Crippen LogP contribution is 2.01. The van der Waals surface area contributed by atoms with Gasteiger partial charge in [-0.05, 0) is 36.4 Å². The fraction of sp³-hybridized carbons (Fsp3) is 0.375. The summed E-state index contributed by atoms with van der Waals surface area (Å²) in [5, 5.41) is 4.15. The standard InChI is InChI=1S/C8H11IN2/c1-7(2)3-4-11-6-8(9)5-10-11/h3,5-6H,4H2,1-2H3. The molecular formula is C8H11IN2. The summed E-state index contributed by atoms with van der Waals surface area (Å²) in [6, 6.07) is 0. The van der Waals surface area contributed by atoms with Gasteiger partial charge in [0.25, 0.3) is 0 Å². The molecule has 0 saturated carbocycles. The molecule has 0 bridgehead atoms. The van der Waals surface area contributed by atoms with Crippen molar-refractivity contribution < 1.29 is 0 Å². The zero-order valence-electron chi connectivity index (χ0n) is 6.71. The van der Waals surface area contributed by atoms with E-state index in [0.717, 1.165) is 6.54 Å². The molecule has 0 unspecified atom stereocenters. The molecule has 1 heterocycles. The van der Waals surface area contributed by atoms with E-state index in [9.17, 15) is 0 Å². The van der Waals surface area contributed by atoms with Crippen LogP contribution in [0.3, 0.4) is 0 Å². The van der Waals surface area contributed by atoms with Crippen LogP contribution >= 0.6 is 22.6 Å². The Bertz CT molecular complexity index is 259. The summed E-state index contributed by atoms with van der Waals surface area (Å²) in [7, 11) is 0. The maximum Gasteiger partial charge on any atom is 0.0623 e. The van der Waals surface area contributed by atoms with Crippen LogP contribution in [0.25, 0.3) is 0 Å². The van der Waals surface area contributed by atoms with Crippen molar-refractivity contribution in [2.45, 2.75) is 20.4 Å². The lowest BCUT2D eigenvalue weighted by Gasteiger charge is -1.94. The van der Waals surface area contributed by atoms with Crippen molar-refractivity contribution in [3.05, 3.63) is 27.6 Å². The molecule has 11 heavy (non-hydrogen) atoms. The average molecular weight is 262 g/mol.